The number of amides is 2. The maximum Gasteiger partial charge on any atom is 0.257 e. The number of alkyl halides is 2. The maximum absolute atomic E-state index is 14.2. The Labute approximate surface area is 224 Å². The zero-order chi connectivity index (χ0) is 25.5. The summed E-state index contributed by atoms with van der Waals surface area (Å²) in [4.78, 5) is 25.7. The SMILES string of the molecule is N#Cc1ccc(NC(=O)c2cc(NC(=O)C3C(c4ccc(Cl)c(Cl)c4)C3(Cl)Cl)ccc2Cl)c(F)c1. The van der Waals surface area contributed by atoms with E-state index in [1.165, 1.54) is 30.3 Å². The van der Waals surface area contributed by atoms with Crippen LogP contribution in [0.5, 0.6) is 0 Å². The summed E-state index contributed by atoms with van der Waals surface area (Å²) >= 11 is 31.0. The van der Waals surface area contributed by atoms with Crippen LogP contribution in [0.15, 0.2) is 54.6 Å². The van der Waals surface area contributed by atoms with Crippen molar-refractivity contribution in [2.45, 2.75) is 10.3 Å². The minimum absolute atomic E-state index is 0.00642. The lowest BCUT2D eigenvalue weighted by Gasteiger charge is -2.11. The maximum atomic E-state index is 14.2. The van der Waals surface area contributed by atoms with Gasteiger partial charge in [0.05, 0.1) is 43.9 Å². The van der Waals surface area contributed by atoms with E-state index in [9.17, 15) is 14.0 Å². The summed E-state index contributed by atoms with van der Waals surface area (Å²) in [6.07, 6.45) is 0. The van der Waals surface area contributed by atoms with E-state index in [1.54, 1.807) is 18.2 Å². The van der Waals surface area contributed by atoms with E-state index in [0.29, 0.717) is 15.6 Å². The minimum Gasteiger partial charge on any atom is -0.326 e. The van der Waals surface area contributed by atoms with Gasteiger partial charge < -0.3 is 10.6 Å². The van der Waals surface area contributed by atoms with Crippen LogP contribution in [-0.4, -0.2) is 16.1 Å². The zero-order valence-electron chi connectivity index (χ0n) is 17.4. The summed E-state index contributed by atoms with van der Waals surface area (Å²) in [6, 6.07) is 14.6. The molecular weight excluding hydrogens is 559 g/mol. The Bertz CT molecular complexity index is 1410. The van der Waals surface area contributed by atoms with Gasteiger partial charge in [0.25, 0.3) is 5.91 Å². The molecule has 35 heavy (non-hydrogen) atoms. The monoisotopic (exact) mass is 569 g/mol. The predicted molar refractivity (Wildman–Crippen MR) is 136 cm³/mol. The van der Waals surface area contributed by atoms with Gasteiger partial charge in [-0.1, -0.05) is 40.9 Å². The third-order valence-corrected chi connectivity index (χ3v) is 7.47. The molecule has 2 N–H and O–H groups in total. The van der Waals surface area contributed by atoms with Crippen LogP contribution in [0.1, 0.15) is 27.4 Å². The van der Waals surface area contributed by atoms with Gasteiger partial charge in [0.1, 0.15) is 10.2 Å². The second-order valence-corrected chi connectivity index (χ2v) is 10.4. The molecule has 0 heterocycles. The molecule has 2 atom stereocenters. The summed E-state index contributed by atoms with van der Waals surface area (Å²) in [7, 11) is 0. The molecule has 1 fully saturated rings. The molecule has 0 aliphatic heterocycles. The highest BCUT2D eigenvalue weighted by atomic mass is 35.5. The first-order valence-corrected chi connectivity index (χ1v) is 11.9. The molecule has 3 aromatic rings. The number of nitrogens with zero attached hydrogens (tertiary/aromatic N) is 1. The molecule has 4 rings (SSSR count). The number of rotatable bonds is 5. The van der Waals surface area contributed by atoms with Crippen molar-refractivity contribution in [2.24, 2.45) is 5.92 Å². The van der Waals surface area contributed by atoms with Crippen molar-refractivity contribution in [3.8, 4) is 6.07 Å². The molecule has 5 nitrogen and oxygen atoms in total. The topological polar surface area (TPSA) is 82.0 Å². The highest BCUT2D eigenvalue weighted by Crippen LogP contribution is 2.65. The molecule has 0 aromatic heterocycles. The summed E-state index contributed by atoms with van der Waals surface area (Å²) < 4.78 is 12.8. The number of anilines is 2. The quantitative estimate of drug-likeness (QED) is 0.313. The van der Waals surface area contributed by atoms with Crippen LogP contribution < -0.4 is 10.6 Å². The van der Waals surface area contributed by atoms with Crippen molar-refractivity contribution in [1.82, 2.24) is 0 Å². The highest BCUT2D eigenvalue weighted by molar-refractivity contribution is 6.53. The van der Waals surface area contributed by atoms with E-state index in [0.717, 1.165) is 6.07 Å². The molecule has 0 radical (unpaired) electrons. The molecule has 0 bridgehead atoms. The lowest BCUT2D eigenvalue weighted by molar-refractivity contribution is -0.117. The van der Waals surface area contributed by atoms with Crippen LogP contribution in [0.3, 0.4) is 0 Å². The van der Waals surface area contributed by atoms with Gasteiger partial charge in [0, 0.05) is 11.6 Å². The standard InChI is InChI=1S/C24H13Cl5FN3O2/c25-15-5-3-13(9-14(15)22(34)33-19-6-1-11(10-31)7-18(19)30)32-23(35)21-20(24(21,28)29)12-2-4-16(26)17(27)8-12/h1-9,20-21H,(H,32,35)(H,33,34). The highest BCUT2D eigenvalue weighted by Gasteiger charge is 2.67. The molecule has 11 heteroatoms. The second kappa shape index (κ2) is 9.85. The predicted octanol–water partition coefficient (Wildman–Crippen LogP) is 7.44. The molecule has 2 amide bonds. The molecule has 1 aliphatic carbocycles. The third kappa shape index (κ3) is 5.20. The Hall–Kier alpha value is -2.53. The Morgan fingerprint density at radius 2 is 1.63 bits per heavy atom. The van der Waals surface area contributed by atoms with Crippen molar-refractivity contribution >= 4 is 81.2 Å². The number of benzene rings is 3. The number of halogens is 6. The average molecular weight is 572 g/mol. The van der Waals surface area contributed by atoms with Gasteiger partial charge in [-0.15, -0.1) is 23.2 Å². The van der Waals surface area contributed by atoms with Crippen LogP contribution in [-0.2, 0) is 4.79 Å². The average Bonchev–Trinajstić information content (AvgIpc) is 3.40. The minimum atomic E-state index is -1.36. The molecule has 3 aromatic carbocycles. The fraction of sp³-hybridized carbons (Fsp3) is 0.125. The van der Waals surface area contributed by atoms with Crippen LogP contribution in [0.2, 0.25) is 15.1 Å². The van der Waals surface area contributed by atoms with Crippen LogP contribution in [0.4, 0.5) is 15.8 Å². The van der Waals surface area contributed by atoms with E-state index in [-0.39, 0.29) is 27.5 Å². The Morgan fingerprint density at radius 3 is 2.29 bits per heavy atom. The second-order valence-electron chi connectivity index (χ2n) is 7.75. The van der Waals surface area contributed by atoms with Crippen LogP contribution in [0, 0.1) is 23.1 Å². The normalized spacial score (nSPS) is 17.9. The number of nitrogens with one attached hydrogen (secondary N) is 2. The molecule has 1 aliphatic rings. The van der Waals surface area contributed by atoms with Gasteiger partial charge in [-0.05, 0) is 54.1 Å². The summed E-state index contributed by atoms with van der Waals surface area (Å²) in [6.45, 7) is 0. The van der Waals surface area contributed by atoms with Crippen LogP contribution in [0.25, 0.3) is 0 Å². The van der Waals surface area contributed by atoms with E-state index in [4.69, 9.17) is 63.3 Å². The van der Waals surface area contributed by atoms with E-state index in [2.05, 4.69) is 10.6 Å². The Balaban J connectivity index is 1.51. The van der Waals surface area contributed by atoms with Crippen LogP contribution >= 0.6 is 58.0 Å². The first-order valence-electron chi connectivity index (χ1n) is 9.97. The Kier molecular flexibility index (Phi) is 7.19. The molecule has 1 saturated carbocycles. The fourth-order valence-corrected chi connectivity index (χ4v) is 4.98. The third-order valence-electron chi connectivity index (χ3n) is 5.46. The smallest absolute Gasteiger partial charge is 0.257 e. The van der Waals surface area contributed by atoms with Gasteiger partial charge in [-0.25, -0.2) is 4.39 Å². The molecule has 2 unspecified atom stereocenters. The molecular formula is C24H13Cl5FN3O2. The number of nitriles is 1. The van der Waals surface area contributed by atoms with Crippen molar-refractivity contribution < 1.29 is 14.0 Å². The van der Waals surface area contributed by atoms with Crippen molar-refractivity contribution in [3.63, 3.8) is 0 Å². The van der Waals surface area contributed by atoms with Crippen molar-refractivity contribution in [2.75, 3.05) is 10.6 Å². The van der Waals surface area contributed by atoms with E-state index in [1.807, 2.05) is 6.07 Å². The van der Waals surface area contributed by atoms with E-state index < -0.39 is 33.8 Å². The number of carbonyl (C=O) groups excluding carboxylic acids is 2. The zero-order valence-corrected chi connectivity index (χ0v) is 21.2. The number of carbonyl (C=O) groups is 2. The van der Waals surface area contributed by atoms with E-state index >= 15 is 0 Å². The molecule has 178 valence electrons. The van der Waals surface area contributed by atoms with Gasteiger partial charge in [-0.3, -0.25) is 9.59 Å². The first kappa shape index (κ1) is 25.6. The number of hydrogen-bond donors (Lipinski definition) is 2. The molecule has 0 saturated heterocycles. The van der Waals surface area contributed by atoms with Gasteiger partial charge in [0.15, 0.2) is 0 Å². The lowest BCUT2D eigenvalue weighted by atomic mass is 10.1. The van der Waals surface area contributed by atoms with Gasteiger partial charge in [0.2, 0.25) is 5.91 Å². The van der Waals surface area contributed by atoms with Crippen molar-refractivity contribution in [1.29, 1.82) is 5.26 Å². The Morgan fingerprint density at radius 1 is 0.914 bits per heavy atom. The largest absolute Gasteiger partial charge is 0.326 e. The summed E-state index contributed by atoms with van der Waals surface area (Å²) in [5.41, 5.74) is 0.889. The summed E-state index contributed by atoms with van der Waals surface area (Å²) in [5.74, 6) is -3.27. The number of hydrogen-bond acceptors (Lipinski definition) is 3. The van der Waals surface area contributed by atoms with Gasteiger partial charge >= 0.3 is 0 Å². The van der Waals surface area contributed by atoms with Crippen molar-refractivity contribution in [3.05, 3.63) is 92.2 Å². The van der Waals surface area contributed by atoms with Gasteiger partial charge in [-0.2, -0.15) is 5.26 Å². The summed E-state index contributed by atoms with van der Waals surface area (Å²) in [5, 5.41) is 14.7. The molecule has 0 spiro atoms. The fourth-order valence-electron chi connectivity index (χ4n) is 3.65. The lowest BCUT2D eigenvalue weighted by Crippen LogP contribution is -2.18. The first-order chi connectivity index (χ1) is 16.5.